The van der Waals surface area contributed by atoms with Gasteiger partial charge < -0.3 is 16.0 Å². The number of carbonyl (C=O) groups is 1. The van der Waals surface area contributed by atoms with Crippen LogP contribution in [-0.2, 0) is 0 Å². The fourth-order valence-electron chi connectivity index (χ4n) is 3.29. The van der Waals surface area contributed by atoms with Gasteiger partial charge in [0.2, 0.25) is 0 Å². The van der Waals surface area contributed by atoms with Crippen LogP contribution in [0.5, 0.6) is 0 Å². The number of benzene rings is 1. The van der Waals surface area contributed by atoms with E-state index in [0.717, 1.165) is 0 Å². The van der Waals surface area contributed by atoms with Gasteiger partial charge in [-0.15, -0.1) is 0 Å². The van der Waals surface area contributed by atoms with Crippen LogP contribution in [0.2, 0.25) is 0 Å². The number of carbonyl (C=O) groups excluding carboxylic acids is 1. The number of hydrogen-bond donors (Lipinski definition) is 2. The second-order valence-corrected chi connectivity index (χ2v) is 6.23. The maximum Gasteiger partial charge on any atom is 0.253 e. The Morgan fingerprint density at radius 2 is 1.95 bits per heavy atom. The molecule has 1 atom stereocenters. The van der Waals surface area contributed by atoms with E-state index in [2.05, 4.69) is 24.3 Å². The maximum atomic E-state index is 12.3. The van der Waals surface area contributed by atoms with Crippen LogP contribution in [0.4, 0.5) is 5.69 Å². The van der Waals surface area contributed by atoms with Gasteiger partial charge in [-0.05, 0) is 45.0 Å². The molecule has 1 unspecified atom stereocenters. The van der Waals surface area contributed by atoms with Gasteiger partial charge in [0.15, 0.2) is 0 Å². The lowest BCUT2D eigenvalue weighted by Crippen LogP contribution is -2.45. The van der Waals surface area contributed by atoms with Gasteiger partial charge in [0.25, 0.3) is 5.91 Å². The third kappa shape index (κ3) is 4.21. The maximum absolute atomic E-state index is 12.3. The van der Waals surface area contributed by atoms with Crippen LogP contribution in [0, 0.1) is 5.92 Å². The minimum atomic E-state index is -0.0734. The first-order valence-electron chi connectivity index (χ1n) is 7.88. The molecule has 0 saturated heterocycles. The summed E-state index contributed by atoms with van der Waals surface area (Å²) in [4.78, 5) is 14.5. The Morgan fingerprint density at radius 3 is 2.57 bits per heavy atom. The topological polar surface area (TPSA) is 58.4 Å². The summed E-state index contributed by atoms with van der Waals surface area (Å²) in [6.07, 6.45) is 6.52. The number of anilines is 1. The molecule has 21 heavy (non-hydrogen) atoms. The zero-order chi connectivity index (χ0) is 15.2. The normalized spacial score (nSPS) is 17.7. The summed E-state index contributed by atoms with van der Waals surface area (Å²) in [7, 11) is 4.20. The number of nitrogens with two attached hydrogens (primary N) is 1. The molecule has 1 amide bonds. The number of amides is 1. The number of hydrogen-bond acceptors (Lipinski definition) is 3. The first kappa shape index (κ1) is 15.8. The highest BCUT2D eigenvalue weighted by Gasteiger charge is 2.25. The van der Waals surface area contributed by atoms with Gasteiger partial charge in [-0.3, -0.25) is 4.79 Å². The van der Waals surface area contributed by atoms with Gasteiger partial charge in [-0.1, -0.05) is 31.4 Å². The van der Waals surface area contributed by atoms with E-state index in [1.807, 2.05) is 12.1 Å². The van der Waals surface area contributed by atoms with Crippen LogP contribution in [-0.4, -0.2) is 37.5 Å². The van der Waals surface area contributed by atoms with Crippen molar-refractivity contribution in [3.05, 3.63) is 29.8 Å². The highest BCUT2D eigenvalue weighted by atomic mass is 16.1. The van der Waals surface area contributed by atoms with Gasteiger partial charge in [0.1, 0.15) is 0 Å². The van der Waals surface area contributed by atoms with Crippen molar-refractivity contribution in [2.24, 2.45) is 5.92 Å². The van der Waals surface area contributed by atoms with E-state index in [4.69, 9.17) is 5.73 Å². The number of nitrogens with zero attached hydrogens (tertiary/aromatic N) is 1. The highest BCUT2D eigenvalue weighted by molar-refractivity contribution is 5.99. The molecule has 0 aromatic heterocycles. The van der Waals surface area contributed by atoms with E-state index < -0.39 is 0 Å². The van der Waals surface area contributed by atoms with Crippen molar-refractivity contribution in [3.63, 3.8) is 0 Å². The van der Waals surface area contributed by atoms with E-state index in [1.165, 1.54) is 32.1 Å². The number of rotatable bonds is 5. The molecule has 1 aliphatic rings. The molecule has 1 aliphatic carbocycles. The van der Waals surface area contributed by atoms with Crippen molar-refractivity contribution in [1.29, 1.82) is 0 Å². The van der Waals surface area contributed by atoms with Crippen LogP contribution in [0.25, 0.3) is 0 Å². The first-order valence-corrected chi connectivity index (χ1v) is 7.88. The van der Waals surface area contributed by atoms with Crippen LogP contribution in [0.15, 0.2) is 24.3 Å². The second kappa shape index (κ2) is 7.46. The summed E-state index contributed by atoms with van der Waals surface area (Å²) in [6, 6.07) is 7.63. The lowest BCUT2D eigenvalue weighted by atomic mass is 9.83. The number of likely N-dealkylation sites (N-methyl/N-ethyl adjacent to an activating group) is 1. The molecule has 1 aromatic rings. The van der Waals surface area contributed by atoms with Crippen LogP contribution in [0.1, 0.15) is 42.5 Å². The highest BCUT2D eigenvalue weighted by Crippen LogP contribution is 2.28. The van der Waals surface area contributed by atoms with Crippen LogP contribution >= 0.6 is 0 Å². The average molecular weight is 289 g/mol. The Hall–Kier alpha value is -1.55. The largest absolute Gasteiger partial charge is 0.398 e. The predicted molar refractivity (Wildman–Crippen MR) is 87.2 cm³/mol. The Bertz CT molecular complexity index is 467. The number of nitrogens with one attached hydrogen (secondary N) is 1. The molecule has 116 valence electrons. The predicted octanol–water partition coefficient (Wildman–Crippen LogP) is 2.51. The minimum Gasteiger partial charge on any atom is -0.398 e. The number of nitrogen functional groups attached to an aromatic ring is 1. The second-order valence-electron chi connectivity index (χ2n) is 6.23. The number of para-hydroxylation sites is 1. The molecular formula is C17H27N3O. The van der Waals surface area contributed by atoms with Crippen molar-refractivity contribution in [2.45, 2.75) is 38.1 Å². The Morgan fingerprint density at radius 1 is 1.29 bits per heavy atom. The molecule has 0 heterocycles. The molecule has 1 saturated carbocycles. The molecule has 1 aromatic carbocycles. The van der Waals surface area contributed by atoms with Gasteiger partial charge >= 0.3 is 0 Å². The quantitative estimate of drug-likeness (QED) is 0.819. The smallest absolute Gasteiger partial charge is 0.253 e. The molecular weight excluding hydrogens is 262 g/mol. The summed E-state index contributed by atoms with van der Waals surface area (Å²) in [5.41, 5.74) is 6.96. The lowest BCUT2D eigenvalue weighted by molar-refractivity contribution is 0.0922. The SMILES string of the molecule is CN(C)C(CNC(=O)c1ccccc1N)C1CCCCC1. The van der Waals surface area contributed by atoms with E-state index in [0.29, 0.717) is 29.8 Å². The summed E-state index contributed by atoms with van der Waals surface area (Å²) < 4.78 is 0. The van der Waals surface area contributed by atoms with Crippen LogP contribution < -0.4 is 11.1 Å². The van der Waals surface area contributed by atoms with Crippen molar-refractivity contribution in [3.8, 4) is 0 Å². The summed E-state index contributed by atoms with van der Waals surface area (Å²) >= 11 is 0. The lowest BCUT2D eigenvalue weighted by Gasteiger charge is -2.35. The zero-order valence-corrected chi connectivity index (χ0v) is 13.1. The Kier molecular flexibility index (Phi) is 5.62. The summed E-state index contributed by atoms with van der Waals surface area (Å²) in [5.74, 6) is 0.609. The molecule has 4 heteroatoms. The van der Waals surface area contributed by atoms with Gasteiger partial charge in [0, 0.05) is 18.3 Å². The molecule has 0 bridgehead atoms. The van der Waals surface area contributed by atoms with Gasteiger partial charge in [0.05, 0.1) is 5.56 Å². The summed E-state index contributed by atoms with van der Waals surface area (Å²) in [5, 5.41) is 3.06. The standard InChI is InChI=1S/C17H27N3O/c1-20(2)16(13-8-4-3-5-9-13)12-19-17(21)14-10-6-7-11-15(14)18/h6-7,10-11,13,16H,3-5,8-9,12,18H2,1-2H3,(H,19,21). The third-order valence-corrected chi connectivity index (χ3v) is 4.53. The fraction of sp³-hybridized carbons (Fsp3) is 0.588. The van der Waals surface area contributed by atoms with Crippen molar-refractivity contribution in [2.75, 3.05) is 26.4 Å². The average Bonchev–Trinajstić information content (AvgIpc) is 2.48. The van der Waals surface area contributed by atoms with Gasteiger partial charge in [-0.2, -0.15) is 0 Å². The van der Waals surface area contributed by atoms with Gasteiger partial charge in [-0.25, -0.2) is 0 Å². The fourth-order valence-corrected chi connectivity index (χ4v) is 3.29. The monoisotopic (exact) mass is 289 g/mol. The van der Waals surface area contributed by atoms with E-state index in [-0.39, 0.29) is 5.91 Å². The van der Waals surface area contributed by atoms with Crippen molar-refractivity contribution < 1.29 is 4.79 Å². The molecule has 3 N–H and O–H groups in total. The first-order chi connectivity index (χ1) is 10.1. The summed E-state index contributed by atoms with van der Waals surface area (Å²) in [6.45, 7) is 0.685. The third-order valence-electron chi connectivity index (χ3n) is 4.53. The molecule has 0 radical (unpaired) electrons. The molecule has 2 rings (SSSR count). The van der Waals surface area contributed by atoms with E-state index >= 15 is 0 Å². The Balaban J connectivity index is 1.95. The van der Waals surface area contributed by atoms with E-state index in [9.17, 15) is 4.79 Å². The van der Waals surface area contributed by atoms with Crippen molar-refractivity contribution >= 4 is 11.6 Å². The van der Waals surface area contributed by atoms with E-state index in [1.54, 1.807) is 12.1 Å². The van der Waals surface area contributed by atoms with Crippen molar-refractivity contribution in [1.82, 2.24) is 10.2 Å². The molecule has 0 aliphatic heterocycles. The molecule has 4 nitrogen and oxygen atoms in total. The van der Waals surface area contributed by atoms with Crippen LogP contribution in [0.3, 0.4) is 0 Å². The molecule has 0 spiro atoms. The molecule has 1 fully saturated rings. The zero-order valence-electron chi connectivity index (χ0n) is 13.1. The Labute approximate surface area is 127 Å². The minimum absolute atomic E-state index is 0.0734.